The van der Waals surface area contributed by atoms with E-state index in [1.165, 1.54) is 10.8 Å². The second kappa shape index (κ2) is 4.00. The Hall–Kier alpha value is -1.40. The average Bonchev–Trinajstić information content (AvgIpc) is 2.25. The third-order valence-electron chi connectivity index (χ3n) is 2.36. The monoisotopic (exact) mass is 211 g/mol. The molecule has 1 aliphatic heterocycles. The van der Waals surface area contributed by atoms with Gasteiger partial charge in [0.25, 0.3) is 5.56 Å². The van der Waals surface area contributed by atoms with Gasteiger partial charge < -0.3 is 10.1 Å². The van der Waals surface area contributed by atoms with Crippen LogP contribution in [0.25, 0.3) is 0 Å². The van der Waals surface area contributed by atoms with Gasteiger partial charge >= 0.3 is 5.69 Å². The number of nitrogens with one attached hydrogen (secondary N) is 2. The minimum absolute atomic E-state index is 0.332. The highest BCUT2D eigenvalue weighted by molar-refractivity contribution is 5.01. The molecule has 0 radical (unpaired) electrons. The van der Waals surface area contributed by atoms with Gasteiger partial charge in [0.1, 0.15) is 0 Å². The fourth-order valence-corrected chi connectivity index (χ4v) is 1.53. The van der Waals surface area contributed by atoms with Crippen molar-refractivity contribution in [3.05, 3.63) is 32.6 Å². The van der Waals surface area contributed by atoms with E-state index in [1.54, 1.807) is 6.92 Å². The van der Waals surface area contributed by atoms with Gasteiger partial charge in [0.15, 0.2) is 6.23 Å². The molecule has 0 spiro atoms. The quantitative estimate of drug-likeness (QED) is 0.622. The van der Waals surface area contributed by atoms with Crippen LogP contribution in [0.2, 0.25) is 0 Å². The van der Waals surface area contributed by atoms with Crippen molar-refractivity contribution in [3.63, 3.8) is 0 Å². The van der Waals surface area contributed by atoms with E-state index in [0.29, 0.717) is 18.7 Å². The van der Waals surface area contributed by atoms with Crippen LogP contribution < -0.4 is 16.6 Å². The molecule has 1 aromatic rings. The highest BCUT2D eigenvalue weighted by Crippen LogP contribution is 2.06. The normalized spacial score (nSPS) is 21.5. The number of morpholine rings is 1. The van der Waals surface area contributed by atoms with Crippen molar-refractivity contribution in [1.29, 1.82) is 0 Å². The molecule has 15 heavy (non-hydrogen) atoms. The standard InChI is InChI=1S/C9H13N3O3/c1-6-5-12(9(14)11-8(6)13)7-4-10-2-3-15-7/h5,7,10H,2-4H2,1H3,(H,11,13,14)/t7-/m1/s1. The minimum Gasteiger partial charge on any atom is -0.355 e. The summed E-state index contributed by atoms with van der Waals surface area (Å²) in [5.74, 6) is 0. The van der Waals surface area contributed by atoms with Gasteiger partial charge in [-0.05, 0) is 6.92 Å². The van der Waals surface area contributed by atoms with E-state index in [9.17, 15) is 9.59 Å². The molecule has 1 aliphatic rings. The molecule has 2 heterocycles. The van der Waals surface area contributed by atoms with Crippen LogP contribution in [0.4, 0.5) is 0 Å². The lowest BCUT2D eigenvalue weighted by Gasteiger charge is -2.25. The Morgan fingerprint density at radius 2 is 2.33 bits per heavy atom. The van der Waals surface area contributed by atoms with Gasteiger partial charge in [0.05, 0.1) is 6.61 Å². The van der Waals surface area contributed by atoms with Gasteiger partial charge in [-0.3, -0.25) is 14.3 Å². The number of nitrogens with zero attached hydrogens (tertiary/aromatic N) is 1. The lowest BCUT2D eigenvalue weighted by molar-refractivity contribution is -0.0226. The van der Waals surface area contributed by atoms with Gasteiger partial charge in [-0.25, -0.2) is 4.79 Å². The summed E-state index contributed by atoms with van der Waals surface area (Å²) in [7, 11) is 0. The van der Waals surface area contributed by atoms with Crippen molar-refractivity contribution < 1.29 is 4.74 Å². The maximum atomic E-state index is 11.5. The van der Waals surface area contributed by atoms with Crippen LogP contribution >= 0.6 is 0 Å². The van der Waals surface area contributed by atoms with Gasteiger partial charge in [-0.2, -0.15) is 0 Å². The van der Waals surface area contributed by atoms with E-state index >= 15 is 0 Å². The van der Waals surface area contributed by atoms with E-state index in [-0.39, 0.29) is 11.8 Å². The molecule has 1 fully saturated rings. The molecule has 1 aromatic heterocycles. The second-order valence-corrected chi connectivity index (χ2v) is 3.51. The Balaban J connectivity index is 2.39. The lowest BCUT2D eigenvalue weighted by atomic mass is 10.3. The first-order valence-electron chi connectivity index (χ1n) is 4.83. The van der Waals surface area contributed by atoms with Crippen molar-refractivity contribution in [2.75, 3.05) is 19.7 Å². The molecule has 2 rings (SSSR count). The first-order valence-corrected chi connectivity index (χ1v) is 4.83. The molecule has 0 bridgehead atoms. The average molecular weight is 211 g/mol. The first-order chi connectivity index (χ1) is 7.18. The fourth-order valence-electron chi connectivity index (χ4n) is 1.53. The molecule has 0 unspecified atom stereocenters. The predicted molar refractivity (Wildman–Crippen MR) is 53.9 cm³/mol. The molecule has 82 valence electrons. The minimum atomic E-state index is -0.431. The van der Waals surface area contributed by atoms with Gasteiger partial charge in [-0.15, -0.1) is 0 Å². The third-order valence-corrected chi connectivity index (χ3v) is 2.36. The van der Waals surface area contributed by atoms with Crippen LogP contribution in [0.15, 0.2) is 15.8 Å². The molecular formula is C9H13N3O3. The molecule has 1 atom stereocenters. The SMILES string of the molecule is Cc1cn([C@H]2CNCCO2)c(=O)[nH]c1=O. The summed E-state index contributed by atoms with van der Waals surface area (Å²) in [6.45, 7) is 3.58. The third kappa shape index (κ3) is 2.00. The zero-order valence-electron chi connectivity index (χ0n) is 8.45. The van der Waals surface area contributed by atoms with E-state index < -0.39 is 5.69 Å². The van der Waals surface area contributed by atoms with Crippen molar-refractivity contribution >= 4 is 0 Å². The highest BCUT2D eigenvalue weighted by atomic mass is 16.5. The first kappa shape index (κ1) is 10.1. The van der Waals surface area contributed by atoms with E-state index in [1.807, 2.05) is 0 Å². The number of aryl methyl sites for hydroxylation is 1. The summed E-state index contributed by atoms with van der Waals surface area (Å²) in [5.41, 5.74) is -0.275. The van der Waals surface area contributed by atoms with Gasteiger partial charge in [-0.1, -0.05) is 0 Å². The fraction of sp³-hybridized carbons (Fsp3) is 0.556. The van der Waals surface area contributed by atoms with Crippen LogP contribution in [-0.4, -0.2) is 29.2 Å². The zero-order valence-corrected chi connectivity index (χ0v) is 8.45. The number of ether oxygens (including phenoxy) is 1. The largest absolute Gasteiger partial charge is 0.355 e. The van der Waals surface area contributed by atoms with Crippen LogP contribution in [0.3, 0.4) is 0 Å². The van der Waals surface area contributed by atoms with Crippen LogP contribution in [0.5, 0.6) is 0 Å². The summed E-state index contributed by atoms with van der Waals surface area (Å²) < 4.78 is 6.82. The highest BCUT2D eigenvalue weighted by Gasteiger charge is 2.16. The van der Waals surface area contributed by atoms with Gasteiger partial charge in [0, 0.05) is 24.8 Å². The topological polar surface area (TPSA) is 76.1 Å². The van der Waals surface area contributed by atoms with Crippen molar-refractivity contribution in [2.45, 2.75) is 13.2 Å². The summed E-state index contributed by atoms with van der Waals surface area (Å²) in [6.07, 6.45) is 1.19. The summed E-state index contributed by atoms with van der Waals surface area (Å²) in [4.78, 5) is 24.9. The van der Waals surface area contributed by atoms with E-state index in [4.69, 9.17) is 4.74 Å². The number of hydrogen-bond acceptors (Lipinski definition) is 4. The molecule has 6 heteroatoms. The Kier molecular flexibility index (Phi) is 2.70. The van der Waals surface area contributed by atoms with E-state index in [2.05, 4.69) is 10.3 Å². The summed E-state index contributed by atoms with van der Waals surface area (Å²) in [6, 6.07) is 0. The number of aromatic amines is 1. The number of hydrogen-bond donors (Lipinski definition) is 2. The van der Waals surface area contributed by atoms with Crippen LogP contribution in [0.1, 0.15) is 11.8 Å². The lowest BCUT2D eigenvalue weighted by Crippen LogP contribution is -2.42. The molecular weight excluding hydrogens is 198 g/mol. The van der Waals surface area contributed by atoms with Crippen LogP contribution in [-0.2, 0) is 4.74 Å². The van der Waals surface area contributed by atoms with Crippen molar-refractivity contribution in [1.82, 2.24) is 14.9 Å². The maximum Gasteiger partial charge on any atom is 0.330 e. The van der Waals surface area contributed by atoms with Crippen LogP contribution in [0, 0.1) is 6.92 Å². The summed E-state index contributed by atoms with van der Waals surface area (Å²) in [5, 5.41) is 3.12. The van der Waals surface area contributed by atoms with Crippen molar-refractivity contribution in [2.24, 2.45) is 0 Å². The van der Waals surface area contributed by atoms with Gasteiger partial charge in [0.2, 0.25) is 0 Å². The van der Waals surface area contributed by atoms with Crippen molar-refractivity contribution in [3.8, 4) is 0 Å². The number of rotatable bonds is 1. The Labute approximate surface area is 85.9 Å². The maximum absolute atomic E-state index is 11.5. The Morgan fingerprint density at radius 3 is 3.00 bits per heavy atom. The Morgan fingerprint density at radius 1 is 1.53 bits per heavy atom. The number of H-pyrrole nitrogens is 1. The molecule has 1 saturated heterocycles. The van der Waals surface area contributed by atoms with E-state index in [0.717, 1.165) is 6.54 Å². The second-order valence-electron chi connectivity index (χ2n) is 3.51. The smallest absolute Gasteiger partial charge is 0.330 e. The molecule has 0 aromatic carbocycles. The molecule has 0 aliphatic carbocycles. The number of aromatic nitrogens is 2. The molecule has 0 amide bonds. The molecule has 6 nitrogen and oxygen atoms in total. The molecule has 2 N–H and O–H groups in total. The zero-order chi connectivity index (χ0) is 10.8. The Bertz CT molecular complexity index is 456. The molecule has 0 saturated carbocycles. The predicted octanol–water partition coefficient (Wildman–Crippen LogP) is -1.04. The summed E-state index contributed by atoms with van der Waals surface area (Å²) >= 11 is 0.